The van der Waals surface area contributed by atoms with Gasteiger partial charge in [-0.15, -0.1) is 0 Å². The quantitative estimate of drug-likeness (QED) is 0.600. The molecule has 5 heteroatoms. The number of ether oxygens (including phenoxy) is 2. The molecule has 0 bridgehead atoms. The van der Waals surface area contributed by atoms with Crippen LogP contribution in [0.5, 0.6) is 5.75 Å². The van der Waals surface area contributed by atoms with E-state index in [9.17, 15) is 9.59 Å². The van der Waals surface area contributed by atoms with Gasteiger partial charge in [-0.25, -0.2) is 4.79 Å². The third kappa shape index (κ3) is 3.99. The molecule has 0 amide bonds. The monoisotopic (exact) mass is 323 g/mol. The normalized spacial score (nSPS) is 9.88. The summed E-state index contributed by atoms with van der Waals surface area (Å²) in [4.78, 5) is 23.4. The van der Waals surface area contributed by atoms with Crippen molar-refractivity contribution in [3.63, 3.8) is 0 Å². The number of Topliss-reactive ketones (excluding diaryl/α,β-unsaturated/α-hetero) is 1. The van der Waals surface area contributed by atoms with Gasteiger partial charge in [0.05, 0.1) is 17.7 Å². The first kappa shape index (κ1) is 17.2. The van der Waals surface area contributed by atoms with Gasteiger partial charge in [-0.2, -0.15) is 5.26 Å². The highest BCUT2D eigenvalue weighted by atomic mass is 16.5. The van der Waals surface area contributed by atoms with Crippen molar-refractivity contribution in [3.8, 4) is 11.8 Å². The number of nitrogens with zero attached hydrogens (tertiary/aromatic N) is 1. The van der Waals surface area contributed by atoms with Gasteiger partial charge in [0.1, 0.15) is 18.4 Å². The molecule has 0 radical (unpaired) electrons. The Morgan fingerprint density at radius 3 is 2.54 bits per heavy atom. The topological polar surface area (TPSA) is 76.4 Å². The molecule has 0 saturated carbocycles. The number of carbonyl (C=O) groups is 2. The van der Waals surface area contributed by atoms with Gasteiger partial charge in [-0.3, -0.25) is 4.79 Å². The molecule has 122 valence electrons. The second-order valence-corrected chi connectivity index (χ2v) is 5.04. The molecule has 5 nitrogen and oxygen atoms in total. The zero-order valence-corrected chi connectivity index (χ0v) is 13.5. The van der Waals surface area contributed by atoms with Crippen LogP contribution < -0.4 is 4.74 Å². The maximum absolute atomic E-state index is 11.9. The zero-order chi connectivity index (χ0) is 17.5. The molecule has 0 aliphatic heterocycles. The Kier molecular flexibility index (Phi) is 5.69. The molecule has 0 aliphatic carbocycles. The lowest BCUT2D eigenvalue weighted by atomic mass is 10.1. The van der Waals surface area contributed by atoms with Gasteiger partial charge in [0.2, 0.25) is 0 Å². The molecule has 0 aromatic heterocycles. The highest BCUT2D eigenvalue weighted by Gasteiger charge is 2.13. The van der Waals surface area contributed by atoms with Gasteiger partial charge in [0.25, 0.3) is 0 Å². The molecular formula is C19H17NO4. The third-order valence-electron chi connectivity index (χ3n) is 3.40. The van der Waals surface area contributed by atoms with E-state index in [1.807, 2.05) is 6.07 Å². The summed E-state index contributed by atoms with van der Waals surface area (Å²) < 4.78 is 10.7. The lowest BCUT2D eigenvalue weighted by Gasteiger charge is -2.11. The van der Waals surface area contributed by atoms with Crippen molar-refractivity contribution in [2.45, 2.75) is 20.5 Å². The van der Waals surface area contributed by atoms with Gasteiger partial charge in [0, 0.05) is 11.1 Å². The van der Waals surface area contributed by atoms with Crippen molar-refractivity contribution >= 4 is 11.8 Å². The number of rotatable bonds is 6. The Hall–Kier alpha value is -3.13. The van der Waals surface area contributed by atoms with Crippen LogP contribution >= 0.6 is 0 Å². The first-order valence-electron chi connectivity index (χ1n) is 7.49. The average molecular weight is 323 g/mol. The van der Waals surface area contributed by atoms with E-state index in [-0.39, 0.29) is 18.0 Å². The van der Waals surface area contributed by atoms with Crippen molar-refractivity contribution in [2.75, 3.05) is 6.61 Å². The molecule has 2 aromatic carbocycles. The van der Waals surface area contributed by atoms with Crippen molar-refractivity contribution in [3.05, 3.63) is 64.7 Å². The Balaban J connectivity index is 2.19. The molecule has 0 fully saturated rings. The Bertz CT molecular complexity index is 805. The van der Waals surface area contributed by atoms with Crippen LogP contribution in [0.2, 0.25) is 0 Å². The number of benzene rings is 2. The summed E-state index contributed by atoms with van der Waals surface area (Å²) in [6, 6.07) is 13.7. The lowest BCUT2D eigenvalue weighted by Crippen LogP contribution is -2.09. The van der Waals surface area contributed by atoms with Crippen LogP contribution in [0.15, 0.2) is 42.5 Å². The predicted octanol–water partition coefficient (Wildman–Crippen LogP) is 3.52. The number of nitriles is 1. The molecule has 0 aliphatic rings. The third-order valence-corrected chi connectivity index (χ3v) is 3.40. The standard InChI is InChI=1S/C19H17NO4/c1-3-23-19(22)18-7-5-4-6-14(18)12-24-16-8-9-17(13(2)21)15(10-16)11-20/h4-10H,3,12H2,1-2H3. The number of ketones is 1. The SMILES string of the molecule is CCOC(=O)c1ccccc1COc1ccc(C(C)=O)c(C#N)c1. The average Bonchev–Trinajstić information content (AvgIpc) is 2.60. The second kappa shape index (κ2) is 7.93. The first-order chi connectivity index (χ1) is 11.6. The van der Waals surface area contributed by atoms with E-state index in [0.29, 0.717) is 29.0 Å². The smallest absolute Gasteiger partial charge is 0.338 e. The fourth-order valence-corrected chi connectivity index (χ4v) is 2.23. The van der Waals surface area contributed by atoms with Crippen molar-refractivity contribution < 1.29 is 19.1 Å². The zero-order valence-electron chi connectivity index (χ0n) is 13.5. The fraction of sp³-hybridized carbons (Fsp3) is 0.211. The summed E-state index contributed by atoms with van der Waals surface area (Å²) in [6.07, 6.45) is 0. The van der Waals surface area contributed by atoms with Gasteiger partial charge in [0.15, 0.2) is 5.78 Å². The van der Waals surface area contributed by atoms with E-state index in [1.165, 1.54) is 13.0 Å². The summed E-state index contributed by atoms with van der Waals surface area (Å²) in [6.45, 7) is 3.61. The van der Waals surface area contributed by atoms with Gasteiger partial charge < -0.3 is 9.47 Å². The largest absolute Gasteiger partial charge is 0.489 e. The minimum Gasteiger partial charge on any atom is -0.489 e. The highest BCUT2D eigenvalue weighted by Crippen LogP contribution is 2.20. The maximum Gasteiger partial charge on any atom is 0.338 e. The number of esters is 1. The second-order valence-electron chi connectivity index (χ2n) is 5.04. The van der Waals surface area contributed by atoms with Gasteiger partial charge >= 0.3 is 5.97 Å². The number of hydrogen-bond acceptors (Lipinski definition) is 5. The van der Waals surface area contributed by atoms with Crippen molar-refractivity contribution in [2.24, 2.45) is 0 Å². The highest BCUT2D eigenvalue weighted by molar-refractivity contribution is 5.96. The number of carbonyl (C=O) groups excluding carboxylic acids is 2. The van der Waals surface area contributed by atoms with E-state index < -0.39 is 5.97 Å². The molecule has 2 aromatic rings. The maximum atomic E-state index is 11.9. The van der Waals surface area contributed by atoms with Crippen LogP contribution in [0.25, 0.3) is 0 Å². The fourth-order valence-electron chi connectivity index (χ4n) is 2.23. The molecule has 0 unspecified atom stereocenters. The van der Waals surface area contributed by atoms with Crippen LogP contribution in [0, 0.1) is 11.3 Å². The molecule has 2 rings (SSSR count). The van der Waals surface area contributed by atoms with E-state index in [2.05, 4.69) is 0 Å². The molecule has 0 atom stereocenters. The van der Waals surface area contributed by atoms with E-state index >= 15 is 0 Å². The molecule has 0 heterocycles. The molecule has 0 spiro atoms. The van der Waals surface area contributed by atoms with E-state index in [1.54, 1.807) is 43.3 Å². The minimum atomic E-state index is -0.402. The summed E-state index contributed by atoms with van der Waals surface area (Å²) in [7, 11) is 0. The summed E-state index contributed by atoms with van der Waals surface area (Å²) >= 11 is 0. The summed E-state index contributed by atoms with van der Waals surface area (Å²) in [5.74, 6) is -0.123. The van der Waals surface area contributed by atoms with Crippen LogP contribution in [0.3, 0.4) is 0 Å². The first-order valence-corrected chi connectivity index (χ1v) is 7.49. The van der Waals surface area contributed by atoms with Crippen LogP contribution in [-0.2, 0) is 11.3 Å². The minimum absolute atomic E-state index is 0.152. The van der Waals surface area contributed by atoms with E-state index in [0.717, 1.165) is 0 Å². The Labute approximate surface area is 140 Å². The molecule has 24 heavy (non-hydrogen) atoms. The predicted molar refractivity (Wildman–Crippen MR) is 87.9 cm³/mol. The van der Waals surface area contributed by atoms with Crippen LogP contribution in [0.1, 0.15) is 45.7 Å². The summed E-state index contributed by atoms with van der Waals surface area (Å²) in [5, 5.41) is 9.13. The van der Waals surface area contributed by atoms with Crippen molar-refractivity contribution in [1.29, 1.82) is 5.26 Å². The van der Waals surface area contributed by atoms with Crippen LogP contribution in [-0.4, -0.2) is 18.4 Å². The summed E-state index contributed by atoms with van der Waals surface area (Å²) in [5.41, 5.74) is 1.75. The van der Waals surface area contributed by atoms with Gasteiger partial charge in [-0.05, 0) is 38.1 Å². The molecule has 0 N–H and O–H groups in total. The van der Waals surface area contributed by atoms with Gasteiger partial charge in [-0.1, -0.05) is 18.2 Å². The Morgan fingerprint density at radius 1 is 1.12 bits per heavy atom. The number of hydrogen-bond donors (Lipinski definition) is 0. The Morgan fingerprint density at radius 2 is 1.88 bits per heavy atom. The van der Waals surface area contributed by atoms with Crippen LogP contribution in [0.4, 0.5) is 0 Å². The molecule has 0 saturated heterocycles. The van der Waals surface area contributed by atoms with E-state index in [4.69, 9.17) is 14.7 Å². The van der Waals surface area contributed by atoms with Crippen molar-refractivity contribution in [1.82, 2.24) is 0 Å². The molecular weight excluding hydrogens is 306 g/mol. The lowest BCUT2D eigenvalue weighted by molar-refractivity contribution is 0.0523.